The lowest BCUT2D eigenvalue weighted by Crippen LogP contribution is -2.38. The lowest BCUT2D eigenvalue weighted by Gasteiger charge is -2.26. The summed E-state index contributed by atoms with van der Waals surface area (Å²) in [6.07, 6.45) is 4.15. The number of fused-ring (bicyclic) bond motifs is 1. The van der Waals surface area contributed by atoms with Crippen LogP contribution >= 0.6 is 0 Å². The van der Waals surface area contributed by atoms with Crippen LogP contribution in [0.15, 0.2) is 78.3 Å². The number of pyridine rings is 1. The van der Waals surface area contributed by atoms with Crippen LogP contribution in [0.25, 0.3) is 11.3 Å². The summed E-state index contributed by atoms with van der Waals surface area (Å²) >= 11 is 0. The van der Waals surface area contributed by atoms with Gasteiger partial charge in [-0.2, -0.15) is 13.2 Å². The predicted octanol–water partition coefficient (Wildman–Crippen LogP) is 4.64. The molecule has 3 heterocycles. The van der Waals surface area contributed by atoms with Gasteiger partial charge in [0.1, 0.15) is 18.0 Å². The largest absolute Gasteiger partial charge is 0.398 e. The Balaban J connectivity index is 0.000000298. The molecule has 0 saturated carbocycles. The van der Waals surface area contributed by atoms with E-state index in [9.17, 15) is 27.2 Å². The Kier molecular flexibility index (Phi) is 9.75. The Bertz CT molecular complexity index is 1420. The van der Waals surface area contributed by atoms with Gasteiger partial charge in [0.15, 0.2) is 7.28 Å². The Labute approximate surface area is 237 Å². The molecule has 2 aliphatic heterocycles. The summed E-state index contributed by atoms with van der Waals surface area (Å²) in [6, 6.07) is 6.67. The van der Waals surface area contributed by atoms with E-state index in [0.29, 0.717) is 22.2 Å². The van der Waals surface area contributed by atoms with Crippen LogP contribution in [0, 0.1) is 5.82 Å². The van der Waals surface area contributed by atoms with E-state index in [1.165, 1.54) is 43.0 Å². The maximum atomic E-state index is 13.7. The highest BCUT2D eigenvalue weighted by Gasteiger charge is 2.45. The van der Waals surface area contributed by atoms with Crippen molar-refractivity contribution >= 4 is 24.9 Å². The molecule has 0 fully saturated rings. The number of allylic oxidation sites excluding steroid dienone is 4. The van der Waals surface area contributed by atoms with Crippen LogP contribution in [0.2, 0.25) is 6.32 Å². The summed E-state index contributed by atoms with van der Waals surface area (Å²) in [5.74, 6) is -2.95. The van der Waals surface area contributed by atoms with Crippen molar-refractivity contribution in [3.8, 4) is 11.3 Å². The minimum Gasteiger partial charge on any atom is -0.369 e. The van der Waals surface area contributed by atoms with Gasteiger partial charge in [0.05, 0.1) is 16.8 Å². The number of aromatic nitrogens is 1. The third kappa shape index (κ3) is 7.21. The Morgan fingerprint density at radius 3 is 2.51 bits per heavy atom. The normalized spacial score (nSPS) is 19.0. The number of alkyl halides is 3. The number of amides is 1. The number of aldehydes is 1. The van der Waals surface area contributed by atoms with Gasteiger partial charge in [-0.05, 0) is 87.0 Å². The zero-order chi connectivity index (χ0) is 30.5. The van der Waals surface area contributed by atoms with E-state index < -0.39 is 29.2 Å². The SMILES string of the molecule is C=C1C=C(C)C=CN1/C=C(\C)C=O.CNCC(c1cc2c(c(-c3ccc(F)cc3)n1)[B]CC2(C)C(N)=O)C(F)(F)F. The van der Waals surface area contributed by atoms with Crippen molar-refractivity contribution in [2.45, 2.75) is 44.6 Å². The molecule has 4 rings (SSSR count). The molecule has 0 saturated heterocycles. The minimum atomic E-state index is -4.53. The molecule has 0 spiro atoms. The number of nitrogens with two attached hydrogens (primary N) is 1. The molecule has 1 radical (unpaired) electrons. The number of nitrogens with zero attached hydrogens (tertiary/aromatic N) is 2. The smallest absolute Gasteiger partial charge is 0.369 e. The third-order valence-corrected chi connectivity index (χ3v) is 6.96. The van der Waals surface area contributed by atoms with E-state index >= 15 is 0 Å². The van der Waals surface area contributed by atoms with E-state index in [-0.39, 0.29) is 24.3 Å². The van der Waals surface area contributed by atoms with Crippen LogP contribution in [0.1, 0.15) is 37.9 Å². The Hall–Kier alpha value is -3.99. The molecule has 41 heavy (non-hydrogen) atoms. The maximum absolute atomic E-state index is 13.7. The van der Waals surface area contributed by atoms with Gasteiger partial charge in [0.25, 0.3) is 0 Å². The van der Waals surface area contributed by atoms with E-state index in [4.69, 9.17) is 5.73 Å². The molecule has 215 valence electrons. The molecule has 1 aromatic carbocycles. The molecular formula is C30H32BF4N4O2. The minimum absolute atomic E-state index is 0.206. The number of primary amides is 1. The van der Waals surface area contributed by atoms with E-state index in [1.54, 1.807) is 27.3 Å². The zero-order valence-electron chi connectivity index (χ0n) is 23.3. The first-order chi connectivity index (χ1) is 19.2. The second-order valence-electron chi connectivity index (χ2n) is 10.2. The van der Waals surface area contributed by atoms with Gasteiger partial charge >= 0.3 is 6.18 Å². The van der Waals surface area contributed by atoms with Crippen molar-refractivity contribution in [2.24, 2.45) is 5.73 Å². The van der Waals surface area contributed by atoms with Gasteiger partial charge in [-0.15, -0.1) is 0 Å². The van der Waals surface area contributed by atoms with Gasteiger partial charge in [-0.25, -0.2) is 4.39 Å². The molecule has 6 nitrogen and oxygen atoms in total. The molecule has 1 amide bonds. The number of likely N-dealkylation sites (N-methyl/N-ethyl adjacent to an activating group) is 1. The summed E-state index contributed by atoms with van der Waals surface area (Å²) in [6.45, 7) is 8.89. The first kappa shape index (κ1) is 31.5. The summed E-state index contributed by atoms with van der Waals surface area (Å²) in [5.41, 5.74) is 8.67. The van der Waals surface area contributed by atoms with Crippen LogP contribution in [0.3, 0.4) is 0 Å². The molecule has 0 aliphatic carbocycles. The zero-order valence-corrected chi connectivity index (χ0v) is 23.3. The number of carbonyl (C=O) groups is 2. The fourth-order valence-electron chi connectivity index (χ4n) is 4.54. The van der Waals surface area contributed by atoms with Crippen molar-refractivity contribution < 1.29 is 27.2 Å². The number of hydrogen-bond acceptors (Lipinski definition) is 5. The van der Waals surface area contributed by atoms with Gasteiger partial charge < -0.3 is 16.0 Å². The molecule has 3 N–H and O–H groups in total. The lowest BCUT2D eigenvalue weighted by atomic mass is 9.68. The van der Waals surface area contributed by atoms with E-state index in [0.717, 1.165) is 12.0 Å². The van der Waals surface area contributed by atoms with Crippen LogP contribution in [0.4, 0.5) is 17.6 Å². The average molecular weight is 567 g/mol. The number of halogens is 4. The summed E-state index contributed by atoms with van der Waals surface area (Å²) < 4.78 is 54.3. The van der Waals surface area contributed by atoms with Gasteiger partial charge in [0, 0.05) is 30.2 Å². The Morgan fingerprint density at radius 2 is 1.98 bits per heavy atom. The highest BCUT2D eigenvalue weighted by Crippen LogP contribution is 2.39. The number of nitrogens with one attached hydrogen (secondary N) is 1. The highest BCUT2D eigenvalue weighted by molar-refractivity contribution is 6.59. The molecule has 0 bridgehead atoms. The van der Waals surface area contributed by atoms with Crippen LogP contribution in [-0.4, -0.2) is 49.1 Å². The van der Waals surface area contributed by atoms with Crippen molar-refractivity contribution in [2.75, 3.05) is 13.6 Å². The molecule has 2 atom stereocenters. The summed E-state index contributed by atoms with van der Waals surface area (Å²) in [5, 5.41) is 2.54. The number of carbonyl (C=O) groups excluding carboxylic acids is 2. The third-order valence-electron chi connectivity index (χ3n) is 6.96. The highest BCUT2D eigenvalue weighted by atomic mass is 19.4. The number of hydrogen-bond donors (Lipinski definition) is 2. The average Bonchev–Trinajstić information content (AvgIpc) is 3.26. The molecule has 11 heteroatoms. The first-order valence-electron chi connectivity index (χ1n) is 12.8. The van der Waals surface area contributed by atoms with Crippen LogP contribution < -0.4 is 16.5 Å². The second-order valence-corrected chi connectivity index (χ2v) is 10.2. The second kappa shape index (κ2) is 12.7. The van der Waals surface area contributed by atoms with Crippen LogP contribution in [0.5, 0.6) is 0 Å². The number of rotatable bonds is 7. The van der Waals surface area contributed by atoms with E-state index in [1.807, 2.05) is 30.2 Å². The monoisotopic (exact) mass is 567 g/mol. The van der Waals surface area contributed by atoms with Crippen molar-refractivity contribution in [3.63, 3.8) is 0 Å². The first-order valence-corrected chi connectivity index (χ1v) is 12.8. The number of benzene rings is 1. The maximum Gasteiger partial charge on any atom is 0.398 e. The summed E-state index contributed by atoms with van der Waals surface area (Å²) in [4.78, 5) is 28.6. The van der Waals surface area contributed by atoms with Crippen molar-refractivity contribution in [3.05, 3.63) is 95.4 Å². The quantitative estimate of drug-likeness (QED) is 0.221. The standard InChI is InChI=1S/C19H19BF4N3O.C11H13NO/c1-18(17(25)28)9-20-15-12(18)7-14(13(8-26-2)19(22,23)24)27-16(15)10-3-5-11(21)6-4-10;1-9-4-5-12(11(3)6-9)7-10(2)8-13/h3-7,13,26H,8-9H2,1-2H3,(H2,25,28);4-8H,3H2,1-2H3/b;10-7+. The summed E-state index contributed by atoms with van der Waals surface area (Å²) in [7, 11) is 3.17. The fraction of sp³-hybridized carbons (Fsp3) is 0.300. The fourth-order valence-corrected chi connectivity index (χ4v) is 4.54. The topological polar surface area (TPSA) is 88.3 Å². The van der Waals surface area contributed by atoms with Gasteiger partial charge in [-0.3, -0.25) is 14.6 Å². The lowest BCUT2D eigenvalue weighted by molar-refractivity contribution is -0.150. The predicted molar refractivity (Wildman–Crippen MR) is 153 cm³/mol. The van der Waals surface area contributed by atoms with E-state index in [2.05, 4.69) is 16.9 Å². The molecule has 1 aromatic heterocycles. The molecule has 2 aliphatic rings. The van der Waals surface area contributed by atoms with Crippen molar-refractivity contribution in [1.82, 2.24) is 15.2 Å². The molecular weight excluding hydrogens is 535 g/mol. The van der Waals surface area contributed by atoms with Crippen LogP contribution in [-0.2, 0) is 15.0 Å². The van der Waals surface area contributed by atoms with Gasteiger partial charge in [0.2, 0.25) is 5.91 Å². The molecule has 2 unspecified atom stereocenters. The molecule has 2 aromatic rings. The van der Waals surface area contributed by atoms with Crippen molar-refractivity contribution in [1.29, 1.82) is 0 Å². The van der Waals surface area contributed by atoms with Gasteiger partial charge in [-0.1, -0.05) is 18.4 Å². The Morgan fingerprint density at radius 1 is 1.32 bits per heavy atom.